The molecule has 0 heterocycles. The average molecular weight is 254 g/mol. The Hall–Kier alpha value is -1.99. The predicted octanol–water partition coefficient (Wildman–Crippen LogP) is 0.784. The van der Waals surface area contributed by atoms with Crippen LogP contribution in [0.2, 0.25) is 0 Å². The molecule has 98 valence electrons. The minimum absolute atomic E-state index is 0.00502. The van der Waals surface area contributed by atoms with Gasteiger partial charge in [-0.25, -0.2) is 0 Å². The first-order valence-electron chi connectivity index (χ1n) is 5.23. The van der Waals surface area contributed by atoms with Gasteiger partial charge in [-0.2, -0.15) is 0 Å². The zero-order chi connectivity index (χ0) is 13.5. The molecule has 18 heavy (non-hydrogen) atoms. The van der Waals surface area contributed by atoms with Crippen molar-refractivity contribution in [3.05, 3.63) is 39.9 Å². The predicted molar refractivity (Wildman–Crippen MR) is 63.2 cm³/mol. The number of aliphatic carboxylic acids is 1. The van der Waals surface area contributed by atoms with Gasteiger partial charge in [0.15, 0.2) is 0 Å². The number of ether oxygens (including phenoxy) is 1. The van der Waals surface area contributed by atoms with Crippen molar-refractivity contribution in [3.8, 4) is 0 Å². The fourth-order valence-electron chi connectivity index (χ4n) is 1.36. The van der Waals surface area contributed by atoms with E-state index in [0.29, 0.717) is 6.54 Å². The molecule has 0 bridgehead atoms. The Labute approximate surface area is 104 Å². The summed E-state index contributed by atoms with van der Waals surface area (Å²) in [5.74, 6) is -1.00. The molecule has 7 heteroatoms. The van der Waals surface area contributed by atoms with E-state index in [0.717, 1.165) is 5.56 Å². The Balaban J connectivity index is 2.56. The van der Waals surface area contributed by atoms with E-state index in [1.54, 1.807) is 12.1 Å². The lowest BCUT2D eigenvalue weighted by Gasteiger charge is -2.13. The molecule has 0 spiro atoms. The van der Waals surface area contributed by atoms with E-state index in [2.05, 4.69) is 5.32 Å². The molecule has 0 fully saturated rings. The number of benzene rings is 1. The largest absolute Gasteiger partial charge is 0.480 e. The van der Waals surface area contributed by atoms with Crippen LogP contribution in [0.15, 0.2) is 24.3 Å². The zero-order valence-electron chi connectivity index (χ0n) is 9.83. The average Bonchev–Trinajstić information content (AvgIpc) is 2.34. The van der Waals surface area contributed by atoms with Crippen LogP contribution in [0.1, 0.15) is 5.56 Å². The van der Waals surface area contributed by atoms with E-state index in [9.17, 15) is 14.9 Å². The third kappa shape index (κ3) is 4.11. The quantitative estimate of drug-likeness (QED) is 0.550. The molecule has 1 rings (SSSR count). The molecular weight excluding hydrogens is 240 g/mol. The van der Waals surface area contributed by atoms with E-state index in [4.69, 9.17) is 9.84 Å². The first kappa shape index (κ1) is 14.1. The minimum atomic E-state index is -1.00. The second-order valence-corrected chi connectivity index (χ2v) is 3.65. The maximum atomic E-state index is 10.8. The van der Waals surface area contributed by atoms with Crippen molar-refractivity contribution in [3.63, 3.8) is 0 Å². The lowest BCUT2D eigenvalue weighted by molar-refractivity contribution is -0.384. The fourth-order valence-corrected chi connectivity index (χ4v) is 1.36. The van der Waals surface area contributed by atoms with Gasteiger partial charge in [-0.05, 0) is 5.56 Å². The van der Waals surface area contributed by atoms with Crippen LogP contribution in [-0.4, -0.2) is 35.8 Å². The second kappa shape index (κ2) is 6.67. The Morgan fingerprint density at radius 3 is 2.56 bits per heavy atom. The molecule has 0 aromatic heterocycles. The monoisotopic (exact) mass is 254 g/mol. The van der Waals surface area contributed by atoms with Crippen LogP contribution in [0.5, 0.6) is 0 Å². The van der Waals surface area contributed by atoms with Crippen molar-refractivity contribution in [2.24, 2.45) is 0 Å². The molecule has 2 N–H and O–H groups in total. The number of non-ortho nitro benzene ring substituents is 1. The molecule has 0 saturated heterocycles. The van der Waals surface area contributed by atoms with E-state index >= 15 is 0 Å². The summed E-state index contributed by atoms with van der Waals surface area (Å²) in [6, 6.07) is 5.12. The van der Waals surface area contributed by atoms with Gasteiger partial charge in [0.2, 0.25) is 0 Å². The summed E-state index contributed by atoms with van der Waals surface area (Å²) in [6.07, 6.45) is 0. The number of nitrogens with one attached hydrogen (secondary N) is 1. The number of methoxy groups -OCH3 is 1. The fraction of sp³-hybridized carbons (Fsp3) is 0.364. The van der Waals surface area contributed by atoms with Gasteiger partial charge in [-0.1, -0.05) is 12.1 Å². The van der Waals surface area contributed by atoms with Crippen molar-refractivity contribution in [1.82, 2.24) is 5.32 Å². The molecule has 0 aliphatic carbocycles. The molecule has 0 radical (unpaired) electrons. The highest BCUT2D eigenvalue weighted by Gasteiger charge is 2.16. The van der Waals surface area contributed by atoms with Gasteiger partial charge in [0.05, 0.1) is 11.5 Å². The Morgan fingerprint density at radius 1 is 1.50 bits per heavy atom. The summed E-state index contributed by atoms with van der Waals surface area (Å²) < 4.78 is 4.77. The maximum Gasteiger partial charge on any atom is 0.323 e. The van der Waals surface area contributed by atoms with Crippen LogP contribution in [0, 0.1) is 10.1 Å². The number of rotatable bonds is 7. The van der Waals surface area contributed by atoms with Gasteiger partial charge in [0.1, 0.15) is 6.04 Å². The third-order valence-electron chi connectivity index (χ3n) is 2.33. The molecule has 1 atom stereocenters. The zero-order valence-corrected chi connectivity index (χ0v) is 9.83. The summed E-state index contributed by atoms with van der Waals surface area (Å²) in [7, 11) is 1.42. The van der Waals surface area contributed by atoms with Crippen molar-refractivity contribution >= 4 is 11.7 Å². The molecule has 1 aromatic rings. The van der Waals surface area contributed by atoms with Gasteiger partial charge in [0.25, 0.3) is 5.69 Å². The van der Waals surface area contributed by atoms with Crippen LogP contribution in [0.4, 0.5) is 5.69 Å². The SMILES string of the molecule is COCC(NCc1ccc([N+](=O)[O-])cc1)C(=O)O. The van der Waals surface area contributed by atoms with E-state index in [1.165, 1.54) is 19.2 Å². The normalized spacial score (nSPS) is 12.1. The minimum Gasteiger partial charge on any atom is -0.480 e. The van der Waals surface area contributed by atoms with E-state index in [-0.39, 0.29) is 12.3 Å². The number of nitrogens with zero attached hydrogens (tertiary/aromatic N) is 1. The highest BCUT2D eigenvalue weighted by Crippen LogP contribution is 2.11. The molecule has 1 unspecified atom stereocenters. The smallest absolute Gasteiger partial charge is 0.323 e. The lowest BCUT2D eigenvalue weighted by atomic mass is 10.2. The van der Waals surface area contributed by atoms with Gasteiger partial charge in [-0.3, -0.25) is 20.2 Å². The number of carbonyl (C=O) groups is 1. The molecule has 0 aliphatic rings. The van der Waals surface area contributed by atoms with Gasteiger partial charge >= 0.3 is 5.97 Å². The standard InChI is InChI=1S/C11H14N2O5/c1-18-7-10(11(14)15)12-6-8-2-4-9(5-3-8)13(16)17/h2-5,10,12H,6-7H2,1H3,(H,14,15). The van der Waals surface area contributed by atoms with Crippen molar-refractivity contribution < 1.29 is 19.6 Å². The van der Waals surface area contributed by atoms with Crippen LogP contribution < -0.4 is 5.32 Å². The topological polar surface area (TPSA) is 102 Å². The molecular formula is C11H14N2O5. The third-order valence-corrected chi connectivity index (χ3v) is 2.33. The summed E-state index contributed by atoms with van der Waals surface area (Å²) in [5.41, 5.74) is 0.772. The number of hydrogen-bond acceptors (Lipinski definition) is 5. The van der Waals surface area contributed by atoms with Gasteiger partial charge in [0, 0.05) is 25.8 Å². The van der Waals surface area contributed by atoms with Gasteiger partial charge < -0.3 is 9.84 Å². The Kier molecular flexibility index (Phi) is 5.22. The first-order valence-corrected chi connectivity index (χ1v) is 5.23. The van der Waals surface area contributed by atoms with Crippen molar-refractivity contribution in [2.45, 2.75) is 12.6 Å². The van der Waals surface area contributed by atoms with E-state index < -0.39 is 16.9 Å². The molecule has 0 amide bonds. The second-order valence-electron chi connectivity index (χ2n) is 3.65. The highest BCUT2D eigenvalue weighted by atomic mass is 16.6. The van der Waals surface area contributed by atoms with E-state index in [1.807, 2.05) is 0 Å². The summed E-state index contributed by atoms with van der Waals surface area (Å²) in [6.45, 7) is 0.362. The summed E-state index contributed by atoms with van der Waals surface area (Å²) in [5, 5.41) is 22.1. The lowest BCUT2D eigenvalue weighted by Crippen LogP contribution is -2.39. The van der Waals surface area contributed by atoms with Gasteiger partial charge in [-0.15, -0.1) is 0 Å². The molecule has 1 aromatic carbocycles. The highest BCUT2D eigenvalue weighted by molar-refractivity contribution is 5.73. The summed E-state index contributed by atoms with van der Waals surface area (Å²) in [4.78, 5) is 20.8. The number of hydrogen-bond donors (Lipinski definition) is 2. The van der Waals surface area contributed by atoms with Crippen LogP contribution in [0.25, 0.3) is 0 Å². The summed E-state index contributed by atoms with van der Waals surface area (Å²) >= 11 is 0. The number of nitro benzene ring substituents is 1. The number of carboxylic acid groups (broad SMARTS) is 1. The molecule has 0 saturated carbocycles. The Morgan fingerprint density at radius 2 is 2.11 bits per heavy atom. The van der Waals surface area contributed by atoms with Crippen molar-refractivity contribution in [2.75, 3.05) is 13.7 Å². The van der Waals surface area contributed by atoms with Crippen LogP contribution >= 0.6 is 0 Å². The number of carboxylic acids is 1. The molecule has 0 aliphatic heterocycles. The van der Waals surface area contributed by atoms with Crippen molar-refractivity contribution in [1.29, 1.82) is 0 Å². The number of nitro groups is 1. The molecule has 7 nitrogen and oxygen atoms in total. The van der Waals surface area contributed by atoms with Crippen LogP contribution in [0.3, 0.4) is 0 Å². The first-order chi connectivity index (χ1) is 8.54. The maximum absolute atomic E-state index is 10.8. The Bertz CT molecular complexity index is 418. The van der Waals surface area contributed by atoms with Crippen LogP contribution in [-0.2, 0) is 16.1 Å².